The van der Waals surface area contributed by atoms with Crippen LogP contribution in [0.4, 0.5) is 5.69 Å². The van der Waals surface area contributed by atoms with E-state index in [4.69, 9.17) is 4.98 Å². The fourth-order valence-corrected chi connectivity index (χ4v) is 5.15. The molecule has 174 valence electrons. The van der Waals surface area contributed by atoms with E-state index < -0.39 is 0 Å². The summed E-state index contributed by atoms with van der Waals surface area (Å²) in [6.07, 6.45) is 0. The van der Waals surface area contributed by atoms with Crippen LogP contribution in [-0.2, 0) is 4.79 Å². The molecule has 0 spiro atoms. The van der Waals surface area contributed by atoms with E-state index in [0.717, 1.165) is 27.7 Å². The molecule has 0 bridgehead atoms. The Kier molecular flexibility index (Phi) is 6.38. The Morgan fingerprint density at radius 1 is 0.886 bits per heavy atom. The molecule has 0 radical (unpaired) electrons. The van der Waals surface area contributed by atoms with Crippen molar-refractivity contribution in [2.75, 3.05) is 17.2 Å². The first-order chi connectivity index (χ1) is 17.1. The van der Waals surface area contributed by atoms with Gasteiger partial charge >= 0.3 is 0 Å². The molecule has 0 saturated heterocycles. The van der Waals surface area contributed by atoms with Gasteiger partial charge in [-0.15, -0.1) is 0 Å². The van der Waals surface area contributed by atoms with Crippen LogP contribution >= 0.6 is 11.8 Å². The summed E-state index contributed by atoms with van der Waals surface area (Å²) in [4.78, 5) is 33.4. The summed E-state index contributed by atoms with van der Waals surface area (Å²) in [5.41, 5.74) is 3.20. The van der Waals surface area contributed by atoms with Gasteiger partial charge in [0.15, 0.2) is 5.16 Å². The van der Waals surface area contributed by atoms with E-state index in [2.05, 4.69) is 0 Å². The molecule has 35 heavy (non-hydrogen) atoms. The lowest BCUT2D eigenvalue weighted by molar-refractivity contribution is -0.116. The van der Waals surface area contributed by atoms with E-state index in [-0.39, 0.29) is 17.2 Å². The second kappa shape index (κ2) is 9.76. The van der Waals surface area contributed by atoms with Gasteiger partial charge in [0.05, 0.1) is 28.0 Å². The molecule has 0 unspecified atom stereocenters. The zero-order chi connectivity index (χ0) is 24.4. The first-order valence-corrected chi connectivity index (χ1v) is 12.5. The lowest BCUT2D eigenvalue weighted by atomic mass is 10.1. The molecule has 0 N–H and O–H groups in total. The van der Waals surface area contributed by atoms with Gasteiger partial charge in [0.25, 0.3) is 5.56 Å². The number of para-hydroxylation sites is 1. The average Bonchev–Trinajstić information content (AvgIpc) is 2.89. The Bertz CT molecular complexity index is 1590. The van der Waals surface area contributed by atoms with Crippen molar-refractivity contribution >= 4 is 45.0 Å². The number of rotatable bonds is 6. The fraction of sp³-hybridized carbons (Fsp3) is 0.138. The monoisotopic (exact) mass is 479 g/mol. The minimum atomic E-state index is -0.143. The smallest absolute Gasteiger partial charge is 0.266 e. The lowest BCUT2D eigenvalue weighted by Gasteiger charge is -2.23. The van der Waals surface area contributed by atoms with Gasteiger partial charge in [-0.05, 0) is 49.6 Å². The normalized spacial score (nSPS) is 11.1. The molecule has 1 aromatic heterocycles. The van der Waals surface area contributed by atoms with Gasteiger partial charge in [-0.25, -0.2) is 4.98 Å². The van der Waals surface area contributed by atoms with E-state index in [1.807, 2.05) is 98.8 Å². The number of hydrogen-bond donors (Lipinski definition) is 0. The number of carbonyl (C=O) groups excluding carboxylic acids is 1. The zero-order valence-electron chi connectivity index (χ0n) is 19.6. The summed E-state index contributed by atoms with van der Waals surface area (Å²) in [7, 11) is 0. The number of aromatic nitrogens is 2. The van der Waals surface area contributed by atoms with Gasteiger partial charge in [-0.3, -0.25) is 14.2 Å². The van der Waals surface area contributed by atoms with Crippen LogP contribution in [-0.4, -0.2) is 27.8 Å². The maximum Gasteiger partial charge on any atom is 0.266 e. The minimum absolute atomic E-state index is 0.0354. The Labute approximate surface area is 208 Å². The van der Waals surface area contributed by atoms with Crippen molar-refractivity contribution in [3.05, 3.63) is 107 Å². The topological polar surface area (TPSA) is 55.2 Å². The van der Waals surface area contributed by atoms with E-state index in [1.165, 1.54) is 11.8 Å². The third kappa shape index (κ3) is 4.45. The summed E-state index contributed by atoms with van der Waals surface area (Å²) in [5.74, 6) is 0.125. The van der Waals surface area contributed by atoms with Crippen LogP contribution in [0.1, 0.15) is 12.5 Å². The van der Waals surface area contributed by atoms with Gasteiger partial charge in [-0.2, -0.15) is 0 Å². The number of carbonyl (C=O) groups is 1. The number of aryl methyl sites for hydroxylation is 1. The molecule has 1 amide bonds. The van der Waals surface area contributed by atoms with E-state index >= 15 is 0 Å². The van der Waals surface area contributed by atoms with E-state index in [0.29, 0.717) is 22.6 Å². The number of anilines is 1. The number of hydrogen-bond acceptors (Lipinski definition) is 4. The summed E-state index contributed by atoms with van der Waals surface area (Å²) < 4.78 is 1.61. The van der Waals surface area contributed by atoms with Crippen molar-refractivity contribution in [1.29, 1.82) is 0 Å². The second-order valence-electron chi connectivity index (χ2n) is 8.31. The van der Waals surface area contributed by atoms with Crippen LogP contribution in [0.5, 0.6) is 0 Å². The third-order valence-corrected chi connectivity index (χ3v) is 6.96. The summed E-state index contributed by atoms with van der Waals surface area (Å²) in [5, 5.41) is 3.18. The van der Waals surface area contributed by atoms with Crippen LogP contribution in [0.3, 0.4) is 0 Å². The van der Waals surface area contributed by atoms with Gasteiger partial charge in [0.1, 0.15) is 0 Å². The second-order valence-corrected chi connectivity index (χ2v) is 9.26. The van der Waals surface area contributed by atoms with Gasteiger partial charge in [0.2, 0.25) is 5.91 Å². The summed E-state index contributed by atoms with van der Waals surface area (Å²) in [6.45, 7) is 4.52. The lowest BCUT2D eigenvalue weighted by Crippen LogP contribution is -2.32. The van der Waals surface area contributed by atoms with Crippen molar-refractivity contribution in [2.45, 2.75) is 19.0 Å². The average molecular weight is 480 g/mol. The highest BCUT2D eigenvalue weighted by Gasteiger charge is 2.19. The van der Waals surface area contributed by atoms with Crippen molar-refractivity contribution in [2.24, 2.45) is 0 Å². The predicted octanol–water partition coefficient (Wildman–Crippen LogP) is 5.99. The maximum absolute atomic E-state index is 13.5. The van der Waals surface area contributed by atoms with Gasteiger partial charge < -0.3 is 4.90 Å². The first kappa shape index (κ1) is 22.9. The molecule has 6 heteroatoms. The molecule has 0 saturated carbocycles. The molecule has 5 nitrogen and oxygen atoms in total. The minimum Gasteiger partial charge on any atom is -0.311 e. The van der Waals surface area contributed by atoms with Gasteiger partial charge in [0, 0.05) is 11.9 Å². The molecular formula is C29H25N3O2S. The zero-order valence-corrected chi connectivity index (χ0v) is 20.5. The number of amides is 1. The molecule has 1 heterocycles. The SMILES string of the molecule is CCN(C(=O)CSc1nc2ccccc2c(=O)n1-c1ccc(C)cc1)c1cccc2ccccc12. The summed E-state index contributed by atoms with van der Waals surface area (Å²) >= 11 is 1.29. The van der Waals surface area contributed by atoms with E-state index in [9.17, 15) is 9.59 Å². The molecule has 0 aliphatic carbocycles. The quantitative estimate of drug-likeness (QED) is 0.222. The Morgan fingerprint density at radius 2 is 1.57 bits per heavy atom. The van der Waals surface area contributed by atoms with Crippen LogP contribution < -0.4 is 10.5 Å². The summed E-state index contributed by atoms with van der Waals surface area (Å²) in [6, 6.07) is 29.1. The molecule has 0 aliphatic rings. The highest BCUT2D eigenvalue weighted by Crippen LogP contribution is 2.28. The first-order valence-electron chi connectivity index (χ1n) is 11.6. The molecular weight excluding hydrogens is 454 g/mol. The molecule has 5 aromatic rings. The van der Waals surface area contributed by atoms with Crippen LogP contribution in [0.2, 0.25) is 0 Å². The predicted molar refractivity (Wildman–Crippen MR) is 145 cm³/mol. The van der Waals surface area contributed by atoms with Crippen molar-refractivity contribution in [3.63, 3.8) is 0 Å². The maximum atomic E-state index is 13.5. The van der Waals surface area contributed by atoms with E-state index in [1.54, 1.807) is 15.5 Å². The van der Waals surface area contributed by atoms with Crippen LogP contribution in [0.25, 0.3) is 27.4 Å². The highest BCUT2D eigenvalue weighted by atomic mass is 32.2. The number of thioether (sulfide) groups is 1. The molecule has 0 aliphatic heterocycles. The van der Waals surface area contributed by atoms with Crippen molar-refractivity contribution in [1.82, 2.24) is 9.55 Å². The number of nitrogens with zero attached hydrogens (tertiary/aromatic N) is 3. The fourth-order valence-electron chi connectivity index (χ4n) is 4.26. The van der Waals surface area contributed by atoms with Crippen LogP contribution in [0.15, 0.2) is 101 Å². The van der Waals surface area contributed by atoms with Gasteiger partial charge in [-0.1, -0.05) is 78.0 Å². The largest absolute Gasteiger partial charge is 0.311 e. The molecule has 0 atom stereocenters. The third-order valence-electron chi connectivity index (χ3n) is 6.04. The standard InChI is InChI=1S/C29H25N3O2S/c1-3-31(26-14-8-10-21-9-4-5-11-23(21)26)27(33)19-35-29-30-25-13-7-6-12-24(25)28(34)32(29)22-17-15-20(2)16-18-22/h4-18H,3,19H2,1-2H3. The van der Waals surface area contributed by atoms with Crippen LogP contribution in [0, 0.1) is 6.92 Å². The Morgan fingerprint density at radius 3 is 2.34 bits per heavy atom. The van der Waals surface area contributed by atoms with Crippen molar-refractivity contribution < 1.29 is 4.79 Å². The number of benzene rings is 4. The molecule has 0 fully saturated rings. The van der Waals surface area contributed by atoms with Crippen molar-refractivity contribution in [3.8, 4) is 5.69 Å². The number of fused-ring (bicyclic) bond motifs is 2. The molecule has 4 aromatic carbocycles. The highest BCUT2D eigenvalue weighted by molar-refractivity contribution is 7.99. The Hall–Kier alpha value is -3.90. The Balaban J connectivity index is 1.51. The molecule has 5 rings (SSSR count).